The van der Waals surface area contributed by atoms with Crippen molar-refractivity contribution in [2.75, 3.05) is 33.0 Å². The Balaban J connectivity index is 2.96. The molecule has 0 spiro atoms. The summed E-state index contributed by atoms with van der Waals surface area (Å²) in [6.07, 6.45) is -5.11. The van der Waals surface area contributed by atoms with Gasteiger partial charge < -0.3 is 50.0 Å². The number of carboxylic acid groups (broad SMARTS) is 3. The van der Waals surface area contributed by atoms with Gasteiger partial charge in [0.25, 0.3) is 0 Å². The number of hydrogen-bond acceptors (Lipinski definition) is 12. The zero-order chi connectivity index (χ0) is 25.0. The van der Waals surface area contributed by atoms with E-state index in [2.05, 4.69) is 9.97 Å². The summed E-state index contributed by atoms with van der Waals surface area (Å²) in [5.41, 5.74) is 0.0936. The van der Waals surface area contributed by atoms with Crippen LogP contribution in [0.4, 0.5) is 0 Å². The van der Waals surface area contributed by atoms with E-state index in [9.17, 15) is 34.8 Å². The second-order valence-electron chi connectivity index (χ2n) is 6.67. The standard InChI is InChI=1S/C18H26N2O13/c21-4-12(31-6-14(24)25)11(23)1-9-2-20-10(3-19-9)18(33-8-16(28)29)17(30)13(5-22)32-7-15(26)27/h2-3,11-13,17-18,21-23,30H,1,4-8H2,(H,24,25)(H,26,27)(H,28,29)/t11-,12-,13-,17+,18-/m0/s1. The molecule has 0 saturated carbocycles. The Morgan fingerprint density at radius 2 is 1.30 bits per heavy atom. The van der Waals surface area contributed by atoms with Crippen molar-refractivity contribution in [1.29, 1.82) is 0 Å². The molecule has 0 aliphatic carbocycles. The van der Waals surface area contributed by atoms with Crippen LogP contribution in [0.2, 0.25) is 0 Å². The van der Waals surface area contributed by atoms with Crippen molar-refractivity contribution < 1.29 is 64.3 Å². The molecule has 1 heterocycles. The van der Waals surface area contributed by atoms with E-state index >= 15 is 0 Å². The first-order valence-corrected chi connectivity index (χ1v) is 9.47. The largest absolute Gasteiger partial charge is 0.480 e. The highest BCUT2D eigenvalue weighted by Crippen LogP contribution is 2.23. The molecule has 0 fully saturated rings. The number of ether oxygens (including phenoxy) is 3. The average Bonchev–Trinajstić information content (AvgIpc) is 2.75. The zero-order valence-corrected chi connectivity index (χ0v) is 17.3. The van der Waals surface area contributed by atoms with Gasteiger partial charge in [-0.1, -0.05) is 0 Å². The molecule has 15 nitrogen and oxygen atoms in total. The van der Waals surface area contributed by atoms with Gasteiger partial charge in [0.1, 0.15) is 44.2 Å². The molecule has 1 rings (SSSR count). The molecule has 1 aromatic heterocycles. The molecule has 5 atom stereocenters. The van der Waals surface area contributed by atoms with Crippen LogP contribution >= 0.6 is 0 Å². The highest BCUT2D eigenvalue weighted by Gasteiger charge is 2.33. The van der Waals surface area contributed by atoms with Crippen molar-refractivity contribution in [2.24, 2.45) is 0 Å². The fourth-order valence-corrected chi connectivity index (χ4v) is 2.58. The van der Waals surface area contributed by atoms with E-state index in [1.807, 2.05) is 0 Å². The van der Waals surface area contributed by atoms with Crippen molar-refractivity contribution in [3.63, 3.8) is 0 Å². The van der Waals surface area contributed by atoms with Crippen LogP contribution in [0.25, 0.3) is 0 Å². The third kappa shape index (κ3) is 10.1. The molecule has 0 aromatic carbocycles. The number of aliphatic carboxylic acids is 3. The smallest absolute Gasteiger partial charge is 0.329 e. The second-order valence-corrected chi connectivity index (χ2v) is 6.67. The van der Waals surface area contributed by atoms with Gasteiger partial charge in [-0.25, -0.2) is 14.4 Å². The number of aliphatic hydroxyl groups is 4. The SMILES string of the molecule is O=C(O)CO[C@@H](CO)[C@@H](O)[C@@H](OCC(=O)O)c1cnc(C[C@H](O)[C@H](CO)OCC(=O)O)cn1. The van der Waals surface area contributed by atoms with E-state index in [-0.39, 0.29) is 17.8 Å². The lowest BCUT2D eigenvalue weighted by Crippen LogP contribution is -2.40. The quantitative estimate of drug-likeness (QED) is 0.116. The summed E-state index contributed by atoms with van der Waals surface area (Å²) in [6.45, 7) is -3.90. The number of carbonyl (C=O) groups is 3. The molecule has 0 amide bonds. The van der Waals surface area contributed by atoms with Crippen LogP contribution in [0, 0.1) is 0 Å². The van der Waals surface area contributed by atoms with Crippen LogP contribution in [0.15, 0.2) is 12.4 Å². The molecular formula is C18H26N2O13. The average molecular weight is 478 g/mol. The fourth-order valence-electron chi connectivity index (χ4n) is 2.58. The number of aliphatic hydroxyl groups excluding tert-OH is 4. The monoisotopic (exact) mass is 478 g/mol. The summed E-state index contributed by atoms with van der Waals surface area (Å²) in [7, 11) is 0. The Labute approximate surface area is 186 Å². The number of carboxylic acids is 3. The Kier molecular flexibility index (Phi) is 12.3. The van der Waals surface area contributed by atoms with E-state index in [0.29, 0.717) is 0 Å². The van der Waals surface area contributed by atoms with Crippen molar-refractivity contribution in [3.05, 3.63) is 23.8 Å². The van der Waals surface area contributed by atoms with Gasteiger partial charge in [-0.15, -0.1) is 0 Å². The molecule has 0 unspecified atom stereocenters. The van der Waals surface area contributed by atoms with E-state index in [0.717, 1.165) is 12.4 Å². The van der Waals surface area contributed by atoms with Gasteiger partial charge in [0.2, 0.25) is 0 Å². The Morgan fingerprint density at radius 3 is 1.76 bits per heavy atom. The maximum Gasteiger partial charge on any atom is 0.329 e. The predicted molar refractivity (Wildman–Crippen MR) is 103 cm³/mol. The van der Waals surface area contributed by atoms with Crippen LogP contribution in [0.3, 0.4) is 0 Å². The van der Waals surface area contributed by atoms with Crippen LogP contribution in [0.1, 0.15) is 17.5 Å². The van der Waals surface area contributed by atoms with Gasteiger partial charge in [0.15, 0.2) is 0 Å². The van der Waals surface area contributed by atoms with Crippen LogP contribution in [0.5, 0.6) is 0 Å². The molecule has 15 heteroatoms. The molecule has 0 radical (unpaired) electrons. The maximum atomic E-state index is 10.9. The van der Waals surface area contributed by atoms with E-state index in [4.69, 9.17) is 29.5 Å². The van der Waals surface area contributed by atoms with Gasteiger partial charge in [-0.05, 0) is 0 Å². The van der Waals surface area contributed by atoms with Gasteiger partial charge in [-0.2, -0.15) is 0 Å². The van der Waals surface area contributed by atoms with Crippen LogP contribution in [-0.2, 0) is 35.0 Å². The number of rotatable bonds is 17. The summed E-state index contributed by atoms with van der Waals surface area (Å²) in [5, 5.41) is 65.4. The molecule has 1 aromatic rings. The Morgan fingerprint density at radius 1 is 0.788 bits per heavy atom. The van der Waals surface area contributed by atoms with Crippen molar-refractivity contribution in [3.8, 4) is 0 Å². The normalized spacial score (nSPS) is 15.9. The molecule has 0 aliphatic rings. The molecule has 0 bridgehead atoms. The van der Waals surface area contributed by atoms with Crippen LogP contribution < -0.4 is 0 Å². The van der Waals surface area contributed by atoms with Crippen molar-refractivity contribution in [2.45, 2.75) is 36.9 Å². The lowest BCUT2D eigenvalue weighted by atomic mass is 10.0. The minimum atomic E-state index is -1.72. The van der Waals surface area contributed by atoms with Crippen molar-refractivity contribution >= 4 is 17.9 Å². The number of hydrogen-bond donors (Lipinski definition) is 7. The zero-order valence-electron chi connectivity index (χ0n) is 17.3. The predicted octanol–water partition coefficient (Wildman–Crippen LogP) is -3.19. The highest BCUT2D eigenvalue weighted by atomic mass is 16.6. The summed E-state index contributed by atoms with van der Waals surface area (Å²) >= 11 is 0. The first-order chi connectivity index (χ1) is 15.6. The first-order valence-electron chi connectivity index (χ1n) is 9.47. The molecule has 7 N–H and O–H groups in total. The molecule has 0 aliphatic heterocycles. The van der Waals surface area contributed by atoms with E-state index in [1.165, 1.54) is 0 Å². The van der Waals surface area contributed by atoms with Gasteiger partial charge in [-0.3, -0.25) is 9.97 Å². The minimum absolute atomic E-state index is 0.0831. The van der Waals surface area contributed by atoms with Crippen LogP contribution in [-0.4, -0.2) is 121 Å². The maximum absolute atomic E-state index is 10.9. The van der Waals surface area contributed by atoms with Gasteiger partial charge in [0, 0.05) is 12.6 Å². The topological polar surface area (TPSA) is 246 Å². The summed E-state index contributed by atoms with van der Waals surface area (Å²) in [4.78, 5) is 40.1. The summed E-state index contributed by atoms with van der Waals surface area (Å²) in [5.74, 6) is -4.02. The summed E-state index contributed by atoms with van der Waals surface area (Å²) in [6, 6.07) is 0. The number of nitrogens with zero attached hydrogens (tertiary/aromatic N) is 2. The highest BCUT2D eigenvalue weighted by molar-refractivity contribution is 5.68. The number of aromatic nitrogens is 2. The lowest BCUT2D eigenvalue weighted by Gasteiger charge is -2.27. The summed E-state index contributed by atoms with van der Waals surface area (Å²) < 4.78 is 14.9. The van der Waals surface area contributed by atoms with Crippen molar-refractivity contribution in [1.82, 2.24) is 9.97 Å². The minimum Gasteiger partial charge on any atom is -0.480 e. The molecular weight excluding hydrogens is 452 g/mol. The van der Waals surface area contributed by atoms with E-state index < -0.39 is 81.5 Å². The lowest BCUT2D eigenvalue weighted by molar-refractivity contribution is -0.162. The molecule has 33 heavy (non-hydrogen) atoms. The first kappa shape index (κ1) is 28.2. The Hall–Kier alpha value is -2.79. The third-order valence-corrected chi connectivity index (χ3v) is 4.14. The fraction of sp³-hybridized carbons (Fsp3) is 0.611. The van der Waals surface area contributed by atoms with Gasteiger partial charge in [0.05, 0.1) is 36.9 Å². The van der Waals surface area contributed by atoms with Gasteiger partial charge >= 0.3 is 17.9 Å². The third-order valence-electron chi connectivity index (χ3n) is 4.14. The van der Waals surface area contributed by atoms with E-state index in [1.54, 1.807) is 0 Å². The second kappa shape index (κ2) is 14.4. The Bertz CT molecular complexity index is 760. The molecule has 186 valence electrons. The molecule has 0 saturated heterocycles.